The molecule has 0 aliphatic carbocycles. The minimum Gasteiger partial charge on any atom is -0.460 e. The number of aromatic nitrogens is 6. The Hall–Kier alpha value is -4.54. The van der Waals surface area contributed by atoms with Crippen LogP contribution in [0.3, 0.4) is 0 Å². The van der Waals surface area contributed by atoms with Gasteiger partial charge in [-0.3, -0.25) is 9.59 Å². The molecule has 6 N–H and O–H groups in total. The highest BCUT2D eigenvalue weighted by atomic mass is 16.6. The van der Waals surface area contributed by atoms with Crippen molar-refractivity contribution >= 4 is 19.0 Å². The number of ether oxygens (including phenoxy) is 6. The monoisotopic (exact) mass is 947 g/mol. The van der Waals surface area contributed by atoms with Crippen molar-refractivity contribution in [1.29, 1.82) is 0 Å². The molecule has 3 saturated heterocycles. The molecule has 3 aliphatic heterocycles. The molecule has 5 heterocycles. The second kappa shape index (κ2) is 26.7. The molecular formula is C40H70BN7O18. The van der Waals surface area contributed by atoms with Crippen LogP contribution >= 0.6 is 0 Å². The molecule has 0 saturated carbocycles. The fourth-order valence-electron chi connectivity index (χ4n) is 5.76. The number of hydrogen-bond acceptors (Lipinski definition) is 19. The van der Waals surface area contributed by atoms with E-state index in [1.165, 1.54) is 6.82 Å². The zero-order chi connectivity index (χ0) is 50.1. The molecule has 5 rings (SSSR count). The maximum atomic E-state index is 12.4. The molecule has 0 amide bonds. The largest absolute Gasteiger partial charge is 0.460 e. The maximum Gasteiger partial charge on any atom is 0.370 e. The van der Waals surface area contributed by atoms with Crippen molar-refractivity contribution in [1.82, 2.24) is 27.4 Å². The molecule has 0 radical (unpaired) electrons. The van der Waals surface area contributed by atoms with Gasteiger partial charge >= 0.3 is 53.1 Å². The average Bonchev–Trinajstić information content (AvgIpc) is 4.03. The van der Waals surface area contributed by atoms with Crippen molar-refractivity contribution in [2.24, 2.45) is 17.5 Å². The first-order chi connectivity index (χ1) is 30.7. The Morgan fingerprint density at radius 2 is 0.818 bits per heavy atom. The summed E-state index contributed by atoms with van der Waals surface area (Å²) in [6.45, 7) is 17.5. The lowest BCUT2D eigenvalue weighted by atomic mass is 9.92. The number of rotatable bonds is 20. The smallest absolute Gasteiger partial charge is 0.370 e. The van der Waals surface area contributed by atoms with E-state index in [4.69, 9.17) is 48.8 Å². The zero-order valence-electron chi connectivity index (χ0n) is 39.5. The summed E-state index contributed by atoms with van der Waals surface area (Å²) < 4.78 is 36.7. The Balaban J connectivity index is 0.000000328. The van der Waals surface area contributed by atoms with Gasteiger partial charge in [0.1, 0.15) is 11.2 Å². The molecule has 2 aromatic rings. The van der Waals surface area contributed by atoms with Gasteiger partial charge in [-0.05, 0) is 60.2 Å². The first-order valence-electron chi connectivity index (χ1n) is 21.7. The van der Waals surface area contributed by atoms with E-state index >= 15 is 0 Å². The second-order valence-electron chi connectivity index (χ2n) is 18.1. The number of carbonyl (C=O) groups is 2. The number of hydrogen-bond donors (Lipinski definition) is 5. The third-order valence-electron chi connectivity index (χ3n) is 8.78. The van der Waals surface area contributed by atoms with Crippen molar-refractivity contribution < 1.29 is 58.4 Å². The predicted octanol–water partition coefficient (Wildman–Crippen LogP) is -3.69. The summed E-state index contributed by atoms with van der Waals surface area (Å²) in [5.41, 5.74) is -0.692. The van der Waals surface area contributed by atoms with Gasteiger partial charge in [-0.25, -0.2) is 56.2 Å². The Bertz CT molecular complexity index is 1940. The molecular weight excluding hydrogens is 877 g/mol. The third kappa shape index (κ3) is 21.4. The van der Waals surface area contributed by atoms with Crippen LogP contribution in [-0.2, 0) is 77.3 Å². The van der Waals surface area contributed by atoms with Gasteiger partial charge in [-0.2, -0.15) is 0 Å². The summed E-state index contributed by atoms with van der Waals surface area (Å²) in [4.78, 5) is 95.8. The van der Waals surface area contributed by atoms with Gasteiger partial charge in [-0.15, -0.1) is 0 Å². The van der Waals surface area contributed by atoms with Gasteiger partial charge in [0.05, 0.1) is 110 Å². The standard InChI is InChI=1S/C18H34O5.C12H15N3O6.C9H15N3O6.CH6BNO/c1-13(9-15(19)22-17(3,4)5)11-21-12-14(2)10-16(20)23-18(6,7)8;16-10-13(1-7-4-19-7)11(17)15(3-9-6-21-9)12(18)14(10)2-8-5-20-8;13-4-1-10-7(16)11(2-5-14)9(18)12(3-6-15)8(10)17;1-2(3)4/h13-14H,9-12H2,1-8H3;7-9H,1-6H2;13-15H,1-6H2;4H,3H2,1H3. The van der Waals surface area contributed by atoms with Crippen LogP contribution in [0.25, 0.3) is 0 Å². The number of nitrogens with zero attached hydrogens (tertiary/aromatic N) is 6. The summed E-state index contributed by atoms with van der Waals surface area (Å²) in [6.07, 6.45) is 0.299. The van der Waals surface area contributed by atoms with Gasteiger partial charge in [0, 0.05) is 13.2 Å². The molecule has 25 nitrogen and oxygen atoms in total. The molecule has 66 heavy (non-hydrogen) atoms. The fourth-order valence-corrected chi connectivity index (χ4v) is 5.76. The van der Waals surface area contributed by atoms with E-state index in [0.29, 0.717) is 59.6 Å². The Kier molecular flexibility index (Phi) is 23.3. The molecule has 376 valence electrons. The van der Waals surface area contributed by atoms with Crippen LogP contribution in [0, 0.1) is 11.8 Å². The van der Waals surface area contributed by atoms with Crippen molar-refractivity contribution in [2.75, 3.05) is 52.9 Å². The highest BCUT2D eigenvalue weighted by Gasteiger charge is 2.32. The van der Waals surface area contributed by atoms with Crippen molar-refractivity contribution in [3.63, 3.8) is 0 Å². The number of esters is 2. The van der Waals surface area contributed by atoms with Crippen molar-refractivity contribution in [3.8, 4) is 0 Å². The van der Waals surface area contributed by atoms with E-state index in [0.717, 1.165) is 13.7 Å². The highest BCUT2D eigenvalue weighted by molar-refractivity contribution is 6.44. The third-order valence-corrected chi connectivity index (χ3v) is 8.78. The van der Waals surface area contributed by atoms with Gasteiger partial charge in [-0.1, -0.05) is 13.8 Å². The van der Waals surface area contributed by atoms with Gasteiger partial charge < -0.3 is 54.4 Å². The van der Waals surface area contributed by atoms with E-state index in [9.17, 15) is 38.4 Å². The molecule has 0 bridgehead atoms. The molecule has 3 aliphatic rings. The molecule has 5 unspecified atom stereocenters. The lowest BCUT2D eigenvalue weighted by Crippen LogP contribution is -2.55. The van der Waals surface area contributed by atoms with Crippen LogP contribution in [0.5, 0.6) is 0 Å². The van der Waals surface area contributed by atoms with E-state index in [-0.39, 0.29) is 81.4 Å². The normalized spacial score (nSPS) is 17.9. The van der Waals surface area contributed by atoms with Crippen molar-refractivity contribution in [2.45, 2.75) is 144 Å². The van der Waals surface area contributed by atoms with Crippen molar-refractivity contribution in [3.05, 3.63) is 62.9 Å². The van der Waals surface area contributed by atoms with Crippen LogP contribution < -0.4 is 39.8 Å². The summed E-state index contributed by atoms with van der Waals surface area (Å²) in [7, 11) is -0.667. The van der Waals surface area contributed by atoms with Crippen LogP contribution in [0.1, 0.15) is 68.2 Å². The van der Waals surface area contributed by atoms with Gasteiger partial charge in [0.25, 0.3) is 0 Å². The zero-order valence-corrected chi connectivity index (χ0v) is 39.5. The SMILES string of the molecule is CB(N)O.CC(COCC(C)CC(=O)OC(C)(C)C)CC(=O)OC(C)(C)C.O=c1n(CC2CO2)c(=O)n(CC2CO2)c(=O)n1CC1CO1.O=c1n(CCO)c(=O)n(CCO)c(=O)n1CCO. The number of aliphatic hydroxyl groups is 3. The molecule has 0 spiro atoms. The van der Waals surface area contributed by atoms with E-state index in [1.54, 1.807) is 0 Å². The number of nitrogens with two attached hydrogens (primary N) is 1. The number of aliphatic hydroxyl groups excluding tert-OH is 3. The van der Waals surface area contributed by atoms with Crippen LogP contribution in [0.15, 0.2) is 28.8 Å². The topological polar surface area (TPSA) is 338 Å². The Labute approximate surface area is 381 Å². The maximum absolute atomic E-state index is 12.4. The van der Waals surface area contributed by atoms with Gasteiger partial charge in [0.2, 0.25) is 0 Å². The molecule has 26 heteroatoms. The highest BCUT2D eigenvalue weighted by Crippen LogP contribution is 2.15. The van der Waals surface area contributed by atoms with Crippen LogP contribution in [-0.4, -0.2) is 149 Å². The van der Waals surface area contributed by atoms with Crippen LogP contribution in [0.4, 0.5) is 0 Å². The minimum absolute atomic E-state index is 0.0820. The van der Waals surface area contributed by atoms with E-state index in [1.807, 2.05) is 55.4 Å². The summed E-state index contributed by atoms with van der Waals surface area (Å²) in [5, 5.41) is 34.2. The second-order valence-corrected chi connectivity index (χ2v) is 18.1. The Morgan fingerprint density at radius 3 is 1.02 bits per heavy atom. The quantitative estimate of drug-likeness (QED) is 0.0485. The summed E-state index contributed by atoms with van der Waals surface area (Å²) >= 11 is 0. The molecule has 3 fully saturated rings. The van der Waals surface area contributed by atoms with Crippen LogP contribution in [0.2, 0.25) is 6.82 Å². The number of epoxide rings is 3. The average molecular weight is 948 g/mol. The molecule has 2 aromatic heterocycles. The first kappa shape index (κ1) is 57.6. The Morgan fingerprint density at radius 1 is 0.591 bits per heavy atom. The predicted molar refractivity (Wildman–Crippen MR) is 237 cm³/mol. The lowest BCUT2D eigenvalue weighted by Gasteiger charge is -2.22. The lowest BCUT2D eigenvalue weighted by molar-refractivity contribution is -0.156. The molecule has 5 atom stereocenters. The first-order valence-corrected chi connectivity index (χ1v) is 21.7. The summed E-state index contributed by atoms with van der Waals surface area (Å²) in [5.74, 6) is -0.261. The number of carbonyl (C=O) groups excluding carboxylic acids is 2. The minimum atomic E-state index is -0.887. The fraction of sp³-hybridized carbons (Fsp3) is 0.800. The molecule has 0 aromatic carbocycles. The van der Waals surface area contributed by atoms with E-state index < -0.39 is 72.2 Å². The van der Waals surface area contributed by atoms with Gasteiger partial charge in [0.15, 0.2) is 0 Å². The summed E-state index contributed by atoms with van der Waals surface area (Å²) in [6, 6.07) is 0. The van der Waals surface area contributed by atoms with E-state index in [2.05, 4.69) is 5.64 Å².